The molecule has 0 spiro atoms. The second-order valence-corrected chi connectivity index (χ2v) is 4.51. The Kier molecular flexibility index (Phi) is 5.16. The lowest BCUT2D eigenvalue weighted by Gasteiger charge is -2.27. The van der Waals surface area contributed by atoms with Crippen LogP contribution in [0.2, 0.25) is 0 Å². The number of rotatable bonds is 4. The normalized spacial score (nSPS) is 17.5. The lowest BCUT2D eigenvalue weighted by atomic mass is 9.85. The van der Waals surface area contributed by atoms with E-state index in [2.05, 4.69) is 34.6 Å². The highest BCUT2D eigenvalue weighted by atomic mass is 35.5. The predicted molar refractivity (Wildman–Crippen MR) is 53.1 cm³/mol. The van der Waals surface area contributed by atoms with Crippen LogP contribution in [-0.4, -0.2) is 5.38 Å². The third kappa shape index (κ3) is 3.46. The van der Waals surface area contributed by atoms with Crippen molar-refractivity contribution in [3.63, 3.8) is 0 Å². The van der Waals surface area contributed by atoms with E-state index >= 15 is 0 Å². The average molecular weight is 177 g/mol. The molecule has 0 amide bonds. The molecule has 11 heavy (non-hydrogen) atoms. The molecule has 0 aliphatic heterocycles. The molecule has 0 saturated carbocycles. The van der Waals surface area contributed by atoms with E-state index in [4.69, 9.17) is 11.6 Å². The Morgan fingerprint density at radius 1 is 1.00 bits per heavy atom. The van der Waals surface area contributed by atoms with Gasteiger partial charge in [-0.2, -0.15) is 0 Å². The molecule has 0 aromatic rings. The lowest BCUT2D eigenvalue weighted by molar-refractivity contribution is 0.316. The minimum atomic E-state index is 0.347. The quantitative estimate of drug-likeness (QED) is 0.570. The van der Waals surface area contributed by atoms with E-state index in [1.807, 2.05) is 0 Å². The summed E-state index contributed by atoms with van der Waals surface area (Å²) in [5.74, 6) is 1.99. The third-order valence-corrected chi connectivity index (χ3v) is 3.20. The molecule has 1 heteroatoms. The molecular weight excluding hydrogens is 156 g/mol. The van der Waals surface area contributed by atoms with E-state index in [1.165, 1.54) is 6.42 Å². The second-order valence-electron chi connectivity index (χ2n) is 4.00. The van der Waals surface area contributed by atoms with E-state index in [0.29, 0.717) is 23.1 Å². The zero-order chi connectivity index (χ0) is 9.02. The topological polar surface area (TPSA) is 0 Å². The monoisotopic (exact) mass is 176 g/mol. The smallest absolute Gasteiger partial charge is 0.0389 e. The minimum Gasteiger partial charge on any atom is -0.122 e. The standard InChI is InChI=1S/C10H21Cl/c1-6-9(7(2)3)10(11)8(4)5/h7-10H,6H2,1-5H3. The molecule has 0 aromatic carbocycles. The number of hydrogen-bond donors (Lipinski definition) is 0. The van der Waals surface area contributed by atoms with Gasteiger partial charge in [-0.25, -0.2) is 0 Å². The van der Waals surface area contributed by atoms with Gasteiger partial charge in [0.15, 0.2) is 0 Å². The first-order chi connectivity index (χ1) is 5.00. The molecule has 0 bridgehead atoms. The molecule has 0 radical (unpaired) electrons. The summed E-state index contributed by atoms with van der Waals surface area (Å²) in [5.41, 5.74) is 0. The van der Waals surface area contributed by atoms with Crippen LogP contribution in [0.15, 0.2) is 0 Å². The summed E-state index contributed by atoms with van der Waals surface area (Å²) in [5, 5.41) is 0.347. The van der Waals surface area contributed by atoms with Crippen LogP contribution in [0.3, 0.4) is 0 Å². The molecule has 68 valence electrons. The molecule has 0 aromatic heterocycles. The predicted octanol–water partition coefficient (Wildman–Crippen LogP) is 3.93. The average Bonchev–Trinajstić information content (AvgIpc) is 1.88. The van der Waals surface area contributed by atoms with E-state index in [1.54, 1.807) is 0 Å². The van der Waals surface area contributed by atoms with Crippen LogP contribution < -0.4 is 0 Å². The van der Waals surface area contributed by atoms with Crippen molar-refractivity contribution in [1.29, 1.82) is 0 Å². The van der Waals surface area contributed by atoms with Gasteiger partial charge in [-0.05, 0) is 17.8 Å². The Balaban J connectivity index is 4.02. The van der Waals surface area contributed by atoms with Gasteiger partial charge < -0.3 is 0 Å². The van der Waals surface area contributed by atoms with Crippen molar-refractivity contribution in [1.82, 2.24) is 0 Å². The van der Waals surface area contributed by atoms with Crippen LogP contribution in [0, 0.1) is 17.8 Å². The molecule has 0 aliphatic carbocycles. The summed E-state index contributed by atoms with van der Waals surface area (Å²) in [6, 6.07) is 0. The van der Waals surface area contributed by atoms with Crippen LogP contribution in [0.1, 0.15) is 41.0 Å². The van der Waals surface area contributed by atoms with Crippen molar-refractivity contribution in [2.24, 2.45) is 17.8 Å². The van der Waals surface area contributed by atoms with E-state index < -0.39 is 0 Å². The second kappa shape index (κ2) is 5.03. The third-order valence-electron chi connectivity index (χ3n) is 2.37. The lowest BCUT2D eigenvalue weighted by Crippen LogP contribution is -2.24. The Morgan fingerprint density at radius 3 is 1.55 bits per heavy atom. The Hall–Kier alpha value is 0.290. The molecule has 2 atom stereocenters. The van der Waals surface area contributed by atoms with Crippen LogP contribution in [0.5, 0.6) is 0 Å². The first-order valence-corrected chi connectivity index (χ1v) is 5.08. The van der Waals surface area contributed by atoms with Crippen molar-refractivity contribution in [3.05, 3.63) is 0 Å². The van der Waals surface area contributed by atoms with Gasteiger partial charge in [0.25, 0.3) is 0 Å². The highest BCUT2D eigenvalue weighted by molar-refractivity contribution is 6.20. The summed E-state index contributed by atoms with van der Waals surface area (Å²) < 4.78 is 0. The van der Waals surface area contributed by atoms with Crippen molar-refractivity contribution in [3.8, 4) is 0 Å². The van der Waals surface area contributed by atoms with Crippen LogP contribution in [-0.2, 0) is 0 Å². The zero-order valence-corrected chi connectivity index (χ0v) is 9.15. The molecular formula is C10H21Cl. The summed E-state index contributed by atoms with van der Waals surface area (Å²) in [4.78, 5) is 0. The summed E-state index contributed by atoms with van der Waals surface area (Å²) in [6.07, 6.45) is 1.20. The molecule has 0 nitrogen and oxygen atoms in total. The maximum absolute atomic E-state index is 6.28. The first kappa shape index (κ1) is 11.3. The van der Waals surface area contributed by atoms with E-state index in [-0.39, 0.29) is 0 Å². The zero-order valence-electron chi connectivity index (χ0n) is 8.39. The van der Waals surface area contributed by atoms with Crippen molar-refractivity contribution in [2.45, 2.75) is 46.4 Å². The van der Waals surface area contributed by atoms with Gasteiger partial charge in [-0.15, -0.1) is 11.6 Å². The largest absolute Gasteiger partial charge is 0.122 e. The van der Waals surface area contributed by atoms with Gasteiger partial charge in [0.2, 0.25) is 0 Å². The maximum Gasteiger partial charge on any atom is 0.0389 e. The molecule has 0 rings (SSSR count). The van der Waals surface area contributed by atoms with Crippen molar-refractivity contribution >= 4 is 11.6 Å². The van der Waals surface area contributed by atoms with Gasteiger partial charge in [0.1, 0.15) is 0 Å². The van der Waals surface area contributed by atoms with Crippen molar-refractivity contribution < 1.29 is 0 Å². The van der Waals surface area contributed by atoms with Gasteiger partial charge in [-0.1, -0.05) is 41.0 Å². The van der Waals surface area contributed by atoms with Gasteiger partial charge in [0, 0.05) is 5.38 Å². The Morgan fingerprint density at radius 2 is 1.45 bits per heavy atom. The first-order valence-electron chi connectivity index (χ1n) is 4.64. The molecule has 0 saturated heterocycles. The summed E-state index contributed by atoms with van der Waals surface area (Å²) >= 11 is 6.28. The summed E-state index contributed by atoms with van der Waals surface area (Å²) in [6.45, 7) is 11.1. The molecule has 0 heterocycles. The van der Waals surface area contributed by atoms with E-state index in [0.717, 1.165) is 0 Å². The van der Waals surface area contributed by atoms with Gasteiger partial charge in [0.05, 0.1) is 0 Å². The molecule has 0 aliphatic rings. The fourth-order valence-corrected chi connectivity index (χ4v) is 2.03. The highest BCUT2D eigenvalue weighted by Crippen LogP contribution is 2.28. The van der Waals surface area contributed by atoms with Crippen LogP contribution in [0.25, 0.3) is 0 Å². The SMILES string of the molecule is CCC(C(C)C)C(Cl)C(C)C. The number of halogens is 1. The van der Waals surface area contributed by atoms with Gasteiger partial charge >= 0.3 is 0 Å². The summed E-state index contributed by atoms with van der Waals surface area (Å²) in [7, 11) is 0. The molecule has 2 unspecified atom stereocenters. The minimum absolute atomic E-state index is 0.347. The highest BCUT2D eigenvalue weighted by Gasteiger charge is 2.23. The fourth-order valence-electron chi connectivity index (χ4n) is 1.56. The van der Waals surface area contributed by atoms with E-state index in [9.17, 15) is 0 Å². The van der Waals surface area contributed by atoms with Gasteiger partial charge in [-0.3, -0.25) is 0 Å². The number of alkyl halides is 1. The van der Waals surface area contributed by atoms with Crippen LogP contribution in [0.4, 0.5) is 0 Å². The van der Waals surface area contributed by atoms with Crippen molar-refractivity contribution in [2.75, 3.05) is 0 Å². The molecule has 0 N–H and O–H groups in total. The Bertz CT molecular complexity index is 97.0. The maximum atomic E-state index is 6.28. The fraction of sp³-hybridized carbons (Fsp3) is 1.00. The number of hydrogen-bond acceptors (Lipinski definition) is 0. The Labute approximate surface area is 76.3 Å². The molecule has 0 fully saturated rings. The van der Waals surface area contributed by atoms with Crippen LogP contribution >= 0.6 is 11.6 Å².